The van der Waals surface area contributed by atoms with Crippen molar-refractivity contribution in [2.45, 2.75) is 43.2 Å². The number of anilines is 2. The molecule has 0 bridgehead atoms. The maximum absolute atomic E-state index is 13.8. The number of benzene rings is 1. The van der Waals surface area contributed by atoms with E-state index in [4.69, 9.17) is 4.74 Å². The highest BCUT2D eigenvalue weighted by Crippen LogP contribution is 2.44. The van der Waals surface area contributed by atoms with Crippen LogP contribution >= 0.6 is 0 Å². The number of rotatable bonds is 5. The van der Waals surface area contributed by atoms with Gasteiger partial charge in [0.25, 0.3) is 10.0 Å². The van der Waals surface area contributed by atoms with Crippen molar-refractivity contribution in [3.63, 3.8) is 0 Å². The van der Waals surface area contributed by atoms with Gasteiger partial charge in [-0.15, -0.1) is 6.58 Å². The molecule has 0 spiro atoms. The highest BCUT2D eigenvalue weighted by Gasteiger charge is 2.50. The second kappa shape index (κ2) is 8.73. The third kappa shape index (κ3) is 4.10. The number of sulfonamides is 2. The van der Waals surface area contributed by atoms with Crippen LogP contribution in [0.5, 0.6) is 0 Å². The minimum Gasteiger partial charge on any atom is -0.378 e. The fourth-order valence-electron chi connectivity index (χ4n) is 5.00. The predicted octanol–water partition coefficient (Wildman–Crippen LogP) is 2.39. The Morgan fingerprint density at radius 1 is 1.16 bits per heavy atom. The number of fused-ring (bicyclic) bond motifs is 1. The molecule has 0 aromatic heterocycles. The van der Waals surface area contributed by atoms with Gasteiger partial charge in [-0.25, -0.2) is 16.8 Å². The van der Waals surface area contributed by atoms with Gasteiger partial charge in [0.15, 0.2) is 0 Å². The van der Waals surface area contributed by atoms with Crippen molar-refractivity contribution >= 4 is 31.4 Å². The second-order valence-corrected chi connectivity index (χ2v) is 12.4. The van der Waals surface area contributed by atoms with Gasteiger partial charge in [-0.2, -0.15) is 0 Å². The first kappa shape index (κ1) is 22.6. The van der Waals surface area contributed by atoms with E-state index in [9.17, 15) is 16.8 Å². The van der Waals surface area contributed by atoms with Crippen molar-refractivity contribution in [3.05, 3.63) is 30.9 Å². The Bertz CT molecular complexity index is 1030. The van der Waals surface area contributed by atoms with Gasteiger partial charge in [0.2, 0.25) is 10.0 Å². The number of morpholine rings is 1. The minimum absolute atomic E-state index is 0.0405. The van der Waals surface area contributed by atoms with Gasteiger partial charge in [0.1, 0.15) is 11.1 Å². The molecule has 4 rings (SSSR count). The summed E-state index contributed by atoms with van der Waals surface area (Å²) in [6.07, 6.45) is 5.18. The normalized spacial score (nSPS) is 25.3. The maximum atomic E-state index is 13.8. The van der Waals surface area contributed by atoms with Crippen LogP contribution in [0.1, 0.15) is 32.1 Å². The van der Waals surface area contributed by atoms with Crippen LogP contribution in [0.25, 0.3) is 0 Å². The van der Waals surface area contributed by atoms with Crippen molar-refractivity contribution < 1.29 is 21.6 Å². The number of hydrogen-bond donors (Lipinski definition) is 0. The van der Waals surface area contributed by atoms with Gasteiger partial charge in [-0.3, -0.25) is 0 Å². The van der Waals surface area contributed by atoms with E-state index in [-0.39, 0.29) is 10.8 Å². The molecule has 10 heteroatoms. The minimum atomic E-state index is -4.26. The summed E-state index contributed by atoms with van der Waals surface area (Å²) in [4.78, 5) is 3.95. The lowest BCUT2D eigenvalue weighted by Crippen LogP contribution is -2.59. The fraction of sp³-hybridized carbons (Fsp3) is 0.619. The van der Waals surface area contributed by atoms with E-state index in [0.717, 1.165) is 41.5 Å². The summed E-state index contributed by atoms with van der Waals surface area (Å²) < 4.78 is 60.2. The molecule has 1 saturated heterocycles. The molecule has 31 heavy (non-hydrogen) atoms. The quantitative estimate of drug-likeness (QED) is 0.612. The van der Waals surface area contributed by atoms with E-state index in [1.807, 2.05) is 17.0 Å². The van der Waals surface area contributed by atoms with E-state index in [1.165, 1.54) is 6.08 Å². The zero-order chi connectivity index (χ0) is 22.2. The predicted molar refractivity (Wildman–Crippen MR) is 121 cm³/mol. The fourth-order valence-corrected chi connectivity index (χ4v) is 9.24. The van der Waals surface area contributed by atoms with Crippen molar-refractivity contribution in [1.29, 1.82) is 0 Å². The van der Waals surface area contributed by atoms with Crippen LogP contribution in [0.4, 0.5) is 11.4 Å². The zero-order valence-electron chi connectivity index (χ0n) is 17.9. The second-order valence-electron chi connectivity index (χ2n) is 8.47. The SMILES string of the molecule is C=CCS(=O)(=O)N1C(C2CCCCC2)N(C)c2ccc(N3CCOCC3)cc2S1(=O)=O. The Kier molecular flexibility index (Phi) is 6.35. The molecule has 1 atom stereocenters. The van der Waals surface area contributed by atoms with Crippen LogP contribution in [0.3, 0.4) is 0 Å². The average Bonchev–Trinajstić information content (AvgIpc) is 2.76. The summed E-state index contributed by atoms with van der Waals surface area (Å²) in [5.74, 6) is -0.456. The van der Waals surface area contributed by atoms with Crippen molar-refractivity contribution in [2.75, 3.05) is 48.9 Å². The van der Waals surface area contributed by atoms with Crippen LogP contribution in [0.2, 0.25) is 0 Å². The molecule has 0 N–H and O–H groups in total. The molecule has 1 aromatic carbocycles. The van der Waals surface area contributed by atoms with Crippen molar-refractivity contribution in [1.82, 2.24) is 3.71 Å². The van der Waals surface area contributed by atoms with Gasteiger partial charge in [-0.1, -0.05) is 29.0 Å². The Morgan fingerprint density at radius 2 is 1.84 bits per heavy atom. The molecule has 8 nitrogen and oxygen atoms in total. The summed E-state index contributed by atoms with van der Waals surface area (Å²) >= 11 is 0. The molecule has 1 aliphatic carbocycles. The lowest BCUT2D eigenvalue weighted by atomic mass is 9.86. The highest BCUT2D eigenvalue weighted by molar-refractivity contribution is 8.04. The molecule has 1 saturated carbocycles. The molecule has 3 aliphatic rings. The van der Waals surface area contributed by atoms with Gasteiger partial charge < -0.3 is 14.5 Å². The molecule has 2 heterocycles. The van der Waals surface area contributed by atoms with Gasteiger partial charge >= 0.3 is 0 Å². The zero-order valence-corrected chi connectivity index (χ0v) is 19.6. The van der Waals surface area contributed by atoms with Gasteiger partial charge in [0.05, 0.1) is 24.7 Å². The van der Waals surface area contributed by atoms with Crippen LogP contribution in [0, 0.1) is 5.92 Å². The molecule has 1 unspecified atom stereocenters. The molecule has 2 aliphatic heterocycles. The first-order chi connectivity index (χ1) is 14.8. The first-order valence-corrected chi connectivity index (χ1v) is 13.9. The average molecular weight is 470 g/mol. The Labute approximate surface area is 185 Å². The van der Waals surface area contributed by atoms with E-state index in [1.54, 1.807) is 13.1 Å². The number of nitrogens with zero attached hydrogens (tertiary/aromatic N) is 3. The Balaban J connectivity index is 1.84. The van der Waals surface area contributed by atoms with Crippen molar-refractivity contribution in [2.24, 2.45) is 5.92 Å². The third-order valence-electron chi connectivity index (χ3n) is 6.50. The summed E-state index contributed by atoms with van der Waals surface area (Å²) in [6.45, 7) is 6.01. The lowest BCUT2D eigenvalue weighted by Gasteiger charge is -2.46. The standard InChI is InChI=1S/C21H31N3O5S2/c1-3-15-30(25,26)24-21(17-7-5-4-6-8-17)22(2)19-10-9-18(16-20(19)31(24,27)28)23-11-13-29-14-12-23/h3,9-10,16-17,21H,1,4-8,11-15H2,2H3. The monoisotopic (exact) mass is 469 g/mol. The first-order valence-electron chi connectivity index (χ1n) is 10.8. The molecule has 0 amide bonds. The summed E-state index contributed by atoms with van der Waals surface area (Å²) in [7, 11) is -6.55. The third-order valence-corrected chi connectivity index (χ3v) is 10.8. The summed E-state index contributed by atoms with van der Waals surface area (Å²) in [5.41, 5.74) is 1.31. The highest BCUT2D eigenvalue weighted by atomic mass is 32.3. The number of hydrogen-bond acceptors (Lipinski definition) is 7. The molecule has 0 radical (unpaired) electrons. The van der Waals surface area contributed by atoms with Crippen LogP contribution in [-0.2, 0) is 24.8 Å². The van der Waals surface area contributed by atoms with E-state index in [0.29, 0.717) is 32.0 Å². The smallest absolute Gasteiger partial charge is 0.260 e. The maximum Gasteiger partial charge on any atom is 0.260 e. The van der Waals surface area contributed by atoms with Crippen LogP contribution in [0.15, 0.2) is 35.7 Å². The largest absolute Gasteiger partial charge is 0.378 e. The van der Waals surface area contributed by atoms with Crippen LogP contribution < -0.4 is 9.80 Å². The van der Waals surface area contributed by atoms with Gasteiger partial charge in [-0.05, 0) is 37.0 Å². The molecule has 172 valence electrons. The Morgan fingerprint density at radius 3 is 2.48 bits per heavy atom. The molecule has 2 fully saturated rings. The lowest BCUT2D eigenvalue weighted by molar-refractivity contribution is 0.122. The topological polar surface area (TPSA) is 87.2 Å². The van der Waals surface area contributed by atoms with Gasteiger partial charge in [0, 0.05) is 25.8 Å². The number of ether oxygens (including phenoxy) is 1. The molecular weight excluding hydrogens is 438 g/mol. The van der Waals surface area contributed by atoms with Crippen LogP contribution in [-0.4, -0.2) is 65.8 Å². The molecule has 1 aromatic rings. The summed E-state index contributed by atoms with van der Waals surface area (Å²) in [6, 6.07) is 5.34. The summed E-state index contributed by atoms with van der Waals surface area (Å²) in [5, 5.41) is 0. The van der Waals surface area contributed by atoms with Crippen molar-refractivity contribution in [3.8, 4) is 0 Å². The Hall–Kier alpha value is -1.62. The van der Waals surface area contributed by atoms with E-state index >= 15 is 0 Å². The molecular formula is C21H31N3O5S2. The van der Waals surface area contributed by atoms with E-state index < -0.39 is 32.0 Å². The van der Waals surface area contributed by atoms with E-state index in [2.05, 4.69) is 11.5 Å².